The van der Waals surface area contributed by atoms with Gasteiger partial charge in [-0.15, -0.1) is 0 Å². The molecule has 1 atom stereocenters. The number of hydrogen-bond acceptors (Lipinski definition) is 5. The molecule has 140 valence electrons. The molecule has 1 aromatic carbocycles. The van der Waals surface area contributed by atoms with E-state index in [0.29, 0.717) is 22.2 Å². The number of methoxy groups -OCH3 is 2. The van der Waals surface area contributed by atoms with Crippen LogP contribution in [0.5, 0.6) is 11.5 Å². The fourth-order valence-corrected chi connectivity index (χ4v) is 2.76. The highest BCUT2D eigenvalue weighted by Gasteiger charge is 2.30. The van der Waals surface area contributed by atoms with Crippen LogP contribution < -0.4 is 14.8 Å². The Morgan fingerprint density at radius 3 is 2.23 bits per heavy atom. The van der Waals surface area contributed by atoms with Gasteiger partial charge in [-0.2, -0.15) is 13.2 Å². The van der Waals surface area contributed by atoms with E-state index >= 15 is 0 Å². The quantitative estimate of drug-likeness (QED) is 0.753. The second-order valence-electron chi connectivity index (χ2n) is 5.23. The average Bonchev–Trinajstić information content (AvgIpc) is 2.60. The number of carbonyl (C=O) groups is 1. The molecule has 0 saturated carbocycles. The standard InChI is InChI=1S/C17H17F3N2O3S/c1-10(26-15-5-4-11(9-21-15)17(18,19)20)16(23)22-12-6-13(24-2)8-14(7-12)25-3/h4-10H,1-3H3,(H,22,23)/t10-/m0/s1. The molecule has 0 bridgehead atoms. The zero-order chi connectivity index (χ0) is 19.3. The lowest BCUT2D eigenvalue weighted by Gasteiger charge is -2.14. The Morgan fingerprint density at radius 1 is 1.15 bits per heavy atom. The van der Waals surface area contributed by atoms with Gasteiger partial charge in [0.15, 0.2) is 0 Å². The highest BCUT2D eigenvalue weighted by atomic mass is 32.2. The molecule has 9 heteroatoms. The number of halogens is 3. The second kappa shape index (κ2) is 8.31. The Hall–Kier alpha value is -2.42. The number of benzene rings is 1. The van der Waals surface area contributed by atoms with Crippen molar-refractivity contribution >= 4 is 23.4 Å². The van der Waals surface area contributed by atoms with Crippen molar-refractivity contribution in [2.75, 3.05) is 19.5 Å². The van der Waals surface area contributed by atoms with Crippen molar-refractivity contribution in [1.29, 1.82) is 0 Å². The molecule has 5 nitrogen and oxygen atoms in total. The smallest absolute Gasteiger partial charge is 0.417 e. The molecule has 0 spiro atoms. The van der Waals surface area contributed by atoms with E-state index in [0.717, 1.165) is 24.0 Å². The number of ether oxygens (including phenoxy) is 2. The number of hydrogen-bond donors (Lipinski definition) is 1. The first-order valence-corrected chi connectivity index (χ1v) is 8.34. The molecule has 0 radical (unpaired) electrons. The Bertz CT molecular complexity index is 745. The molecule has 26 heavy (non-hydrogen) atoms. The van der Waals surface area contributed by atoms with E-state index in [-0.39, 0.29) is 5.91 Å². The first kappa shape index (κ1) is 19.9. The van der Waals surface area contributed by atoms with E-state index in [1.807, 2.05) is 0 Å². The van der Waals surface area contributed by atoms with Crippen LogP contribution in [-0.4, -0.2) is 30.4 Å². The average molecular weight is 386 g/mol. The lowest BCUT2D eigenvalue weighted by atomic mass is 10.2. The number of thioether (sulfide) groups is 1. The number of pyridine rings is 1. The SMILES string of the molecule is COc1cc(NC(=O)[C@H](C)Sc2ccc(C(F)(F)F)cn2)cc(OC)c1. The summed E-state index contributed by atoms with van der Waals surface area (Å²) < 4.78 is 47.9. The predicted molar refractivity (Wildman–Crippen MR) is 92.7 cm³/mol. The summed E-state index contributed by atoms with van der Waals surface area (Å²) in [6.45, 7) is 1.64. The van der Waals surface area contributed by atoms with Gasteiger partial charge < -0.3 is 14.8 Å². The van der Waals surface area contributed by atoms with Crippen molar-refractivity contribution in [3.05, 3.63) is 42.1 Å². The Labute approximate surface area is 152 Å². The third kappa shape index (κ3) is 5.29. The number of amides is 1. The molecule has 1 aromatic heterocycles. The number of anilines is 1. The number of aromatic nitrogens is 1. The predicted octanol–water partition coefficient (Wildman–Crippen LogP) is 4.24. The molecule has 1 N–H and O–H groups in total. The van der Waals surface area contributed by atoms with Gasteiger partial charge >= 0.3 is 6.18 Å². The minimum atomic E-state index is -4.44. The first-order valence-electron chi connectivity index (χ1n) is 7.46. The van der Waals surface area contributed by atoms with Gasteiger partial charge in [0.25, 0.3) is 0 Å². The Balaban J connectivity index is 2.03. The van der Waals surface area contributed by atoms with E-state index in [9.17, 15) is 18.0 Å². The highest BCUT2D eigenvalue weighted by Crippen LogP contribution is 2.31. The molecule has 1 heterocycles. The lowest BCUT2D eigenvalue weighted by molar-refractivity contribution is -0.137. The van der Waals surface area contributed by atoms with Gasteiger partial charge in [-0.3, -0.25) is 4.79 Å². The molecule has 0 aliphatic rings. The van der Waals surface area contributed by atoms with Gasteiger partial charge in [-0.1, -0.05) is 11.8 Å². The zero-order valence-corrected chi connectivity index (χ0v) is 15.1. The molecule has 2 aromatic rings. The van der Waals surface area contributed by atoms with Crippen LogP contribution in [0.1, 0.15) is 12.5 Å². The maximum atomic E-state index is 12.5. The zero-order valence-electron chi connectivity index (χ0n) is 14.3. The van der Waals surface area contributed by atoms with Gasteiger partial charge in [-0.05, 0) is 19.1 Å². The molecule has 1 amide bonds. The normalized spacial score (nSPS) is 12.4. The molecule has 0 saturated heterocycles. The summed E-state index contributed by atoms with van der Waals surface area (Å²) in [5.41, 5.74) is -0.346. The van der Waals surface area contributed by atoms with E-state index in [1.54, 1.807) is 25.1 Å². The third-order valence-electron chi connectivity index (χ3n) is 3.35. The van der Waals surface area contributed by atoms with Crippen LogP contribution in [0.3, 0.4) is 0 Å². The fraction of sp³-hybridized carbons (Fsp3) is 0.294. The van der Waals surface area contributed by atoms with Crippen molar-refractivity contribution in [3.8, 4) is 11.5 Å². The van der Waals surface area contributed by atoms with Crippen LogP contribution in [-0.2, 0) is 11.0 Å². The molecule has 0 unspecified atom stereocenters. The largest absolute Gasteiger partial charge is 0.497 e. The molecular formula is C17H17F3N2O3S. The number of alkyl halides is 3. The third-order valence-corrected chi connectivity index (χ3v) is 4.40. The second-order valence-corrected chi connectivity index (χ2v) is 6.59. The lowest BCUT2D eigenvalue weighted by Crippen LogP contribution is -2.22. The number of rotatable bonds is 6. The van der Waals surface area contributed by atoms with E-state index in [4.69, 9.17) is 9.47 Å². The highest BCUT2D eigenvalue weighted by molar-refractivity contribution is 8.00. The van der Waals surface area contributed by atoms with Crippen LogP contribution in [0.2, 0.25) is 0 Å². The Morgan fingerprint density at radius 2 is 1.77 bits per heavy atom. The van der Waals surface area contributed by atoms with Gasteiger partial charge in [0.05, 0.1) is 30.1 Å². The molecular weight excluding hydrogens is 369 g/mol. The van der Waals surface area contributed by atoms with E-state index in [2.05, 4.69) is 10.3 Å². The number of nitrogens with one attached hydrogen (secondary N) is 1. The maximum absolute atomic E-state index is 12.5. The van der Waals surface area contributed by atoms with Crippen molar-refractivity contribution in [3.63, 3.8) is 0 Å². The van der Waals surface area contributed by atoms with Crippen molar-refractivity contribution in [2.24, 2.45) is 0 Å². The van der Waals surface area contributed by atoms with Crippen molar-refractivity contribution in [2.45, 2.75) is 23.4 Å². The summed E-state index contributed by atoms with van der Waals surface area (Å²) in [6.07, 6.45) is -3.69. The van der Waals surface area contributed by atoms with E-state index < -0.39 is 17.0 Å². The van der Waals surface area contributed by atoms with Crippen molar-refractivity contribution in [1.82, 2.24) is 4.98 Å². The molecule has 0 fully saturated rings. The summed E-state index contributed by atoms with van der Waals surface area (Å²) >= 11 is 1.06. The molecule has 0 aliphatic heterocycles. The van der Waals surface area contributed by atoms with Crippen LogP contribution in [0.4, 0.5) is 18.9 Å². The van der Waals surface area contributed by atoms with Crippen LogP contribution in [0, 0.1) is 0 Å². The topological polar surface area (TPSA) is 60.5 Å². The molecule has 0 aliphatic carbocycles. The monoisotopic (exact) mass is 386 g/mol. The molecule has 2 rings (SSSR count). The minimum Gasteiger partial charge on any atom is -0.497 e. The first-order chi connectivity index (χ1) is 12.2. The van der Waals surface area contributed by atoms with Gasteiger partial charge in [0.1, 0.15) is 11.5 Å². The number of carbonyl (C=O) groups excluding carboxylic acids is 1. The fourth-order valence-electron chi connectivity index (χ4n) is 1.98. The summed E-state index contributed by atoms with van der Waals surface area (Å²) in [6, 6.07) is 7.11. The summed E-state index contributed by atoms with van der Waals surface area (Å²) in [5.74, 6) is 0.709. The minimum absolute atomic E-state index is 0.323. The van der Waals surface area contributed by atoms with Crippen LogP contribution in [0.25, 0.3) is 0 Å². The van der Waals surface area contributed by atoms with Crippen molar-refractivity contribution < 1.29 is 27.4 Å². The summed E-state index contributed by atoms with van der Waals surface area (Å²) in [7, 11) is 2.99. The van der Waals surface area contributed by atoms with Crippen LogP contribution in [0.15, 0.2) is 41.6 Å². The van der Waals surface area contributed by atoms with E-state index in [1.165, 1.54) is 20.3 Å². The van der Waals surface area contributed by atoms with Gasteiger partial charge in [0.2, 0.25) is 5.91 Å². The summed E-state index contributed by atoms with van der Waals surface area (Å²) in [5, 5.41) is 2.47. The Kier molecular flexibility index (Phi) is 6.36. The van der Waals surface area contributed by atoms with Gasteiger partial charge in [0, 0.05) is 30.1 Å². The van der Waals surface area contributed by atoms with Crippen LogP contribution >= 0.6 is 11.8 Å². The number of nitrogens with zero attached hydrogens (tertiary/aromatic N) is 1. The summed E-state index contributed by atoms with van der Waals surface area (Å²) in [4.78, 5) is 16.1. The van der Waals surface area contributed by atoms with Gasteiger partial charge in [-0.25, -0.2) is 4.98 Å². The maximum Gasteiger partial charge on any atom is 0.417 e.